The van der Waals surface area contributed by atoms with E-state index >= 15 is 0 Å². The number of hydrogen-bond donors (Lipinski definition) is 2. The monoisotopic (exact) mass is 284 g/mol. The minimum absolute atomic E-state index is 0.0918. The van der Waals surface area contributed by atoms with E-state index in [0.29, 0.717) is 5.65 Å². The second-order valence-electron chi connectivity index (χ2n) is 4.96. The molecule has 0 aliphatic carbocycles. The molecule has 3 N–H and O–H groups in total. The van der Waals surface area contributed by atoms with Crippen molar-refractivity contribution in [2.45, 2.75) is 13.0 Å². The number of nitrogens with zero attached hydrogens (tertiary/aromatic N) is 4. The largest absolute Gasteiger partial charge is 0.399 e. The van der Waals surface area contributed by atoms with Crippen LogP contribution in [-0.2, 0) is 0 Å². The van der Waals surface area contributed by atoms with Crippen LogP contribution in [0.5, 0.6) is 0 Å². The van der Waals surface area contributed by atoms with Gasteiger partial charge in [0.15, 0.2) is 5.65 Å². The highest BCUT2D eigenvalue weighted by Gasteiger charge is 2.14. The lowest BCUT2D eigenvalue weighted by atomic mass is 10.1. The first-order valence-corrected chi connectivity index (χ1v) is 6.57. The molecular formula is C14H16N6O. The Balaban J connectivity index is 1.95. The van der Waals surface area contributed by atoms with E-state index in [1.165, 1.54) is 10.7 Å². The Hall–Kier alpha value is -2.83. The zero-order valence-electron chi connectivity index (χ0n) is 11.8. The van der Waals surface area contributed by atoms with Crippen LogP contribution in [0.4, 0.5) is 11.5 Å². The highest BCUT2D eigenvalue weighted by Crippen LogP contribution is 2.24. The second-order valence-corrected chi connectivity index (χ2v) is 4.96. The maximum absolute atomic E-state index is 11.4. The van der Waals surface area contributed by atoms with Gasteiger partial charge in [-0.05, 0) is 24.6 Å². The van der Waals surface area contributed by atoms with E-state index in [1.54, 1.807) is 6.07 Å². The summed E-state index contributed by atoms with van der Waals surface area (Å²) in [7, 11) is 1.94. The lowest BCUT2D eigenvalue weighted by molar-refractivity contribution is 0.727. The molecule has 1 atom stereocenters. The van der Waals surface area contributed by atoms with E-state index in [1.807, 2.05) is 36.2 Å². The quantitative estimate of drug-likeness (QED) is 0.705. The number of H-pyrrole nitrogens is 1. The van der Waals surface area contributed by atoms with Crippen LogP contribution in [-0.4, -0.2) is 26.6 Å². The van der Waals surface area contributed by atoms with Crippen LogP contribution in [0.25, 0.3) is 5.65 Å². The molecule has 7 nitrogen and oxygen atoms in total. The number of fused-ring (bicyclic) bond motifs is 1. The molecule has 0 aliphatic heterocycles. The van der Waals surface area contributed by atoms with Crippen LogP contribution in [0.2, 0.25) is 0 Å². The van der Waals surface area contributed by atoms with Crippen molar-refractivity contribution >= 4 is 17.2 Å². The van der Waals surface area contributed by atoms with Crippen molar-refractivity contribution in [2.75, 3.05) is 17.7 Å². The SMILES string of the molecule is CC(c1cccc(N)c1)N(C)c1cc2n[nH]c(=O)n2cn1. The number of benzene rings is 1. The average molecular weight is 284 g/mol. The highest BCUT2D eigenvalue weighted by molar-refractivity contribution is 5.52. The van der Waals surface area contributed by atoms with Crippen molar-refractivity contribution < 1.29 is 0 Å². The Kier molecular flexibility index (Phi) is 3.09. The molecule has 7 heteroatoms. The van der Waals surface area contributed by atoms with Gasteiger partial charge in [-0.25, -0.2) is 19.3 Å². The highest BCUT2D eigenvalue weighted by atomic mass is 16.1. The summed E-state index contributed by atoms with van der Waals surface area (Å²) in [6.45, 7) is 2.07. The molecule has 1 aromatic carbocycles. The molecule has 0 saturated carbocycles. The topological polar surface area (TPSA) is 92.3 Å². The van der Waals surface area contributed by atoms with E-state index < -0.39 is 0 Å². The summed E-state index contributed by atoms with van der Waals surface area (Å²) in [5, 5.41) is 6.34. The molecule has 0 radical (unpaired) electrons. The van der Waals surface area contributed by atoms with E-state index in [0.717, 1.165) is 17.1 Å². The third-order valence-electron chi connectivity index (χ3n) is 3.63. The number of aromatic nitrogens is 4. The molecule has 2 aromatic heterocycles. The maximum atomic E-state index is 11.4. The summed E-state index contributed by atoms with van der Waals surface area (Å²) >= 11 is 0. The van der Waals surface area contributed by atoms with Gasteiger partial charge in [-0.15, -0.1) is 0 Å². The first-order valence-electron chi connectivity index (χ1n) is 6.57. The lowest BCUT2D eigenvalue weighted by Crippen LogP contribution is -2.23. The second kappa shape index (κ2) is 4.93. The number of nitrogen functional groups attached to an aromatic ring is 1. The van der Waals surface area contributed by atoms with Crippen molar-refractivity contribution in [3.05, 3.63) is 52.7 Å². The fourth-order valence-corrected chi connectivity index (χ4v) is 2.23. The summed E-state index contributed by atoms with van der Waals surface area (Å²) in [6, 6.07) is 9.61. The van der Waals surface area contributed by atoms with Gasteiger partial charge in [-0.1, -0.05) is 12.1 Å². The van der Waals surface area contributed by atoms with Crippen molar-refractivity contribution in [2.24, 2.45) is 0 Å². The van der Waals surface area contributed by atoms with Crippen molar-refractivity contribution in [1.29, 1.82) is 0 Å². The molecule has 0 bridgehead atoms. The van der Waals surface area contributed by atoms with Gasteiger partial charge in [-0.2, -0.15) is 5.10 Å². The van der Waals surface area contributed by atoms with Gasteiger partial charge in [0.2, 0.25) is 0 Å². The Morgan fingerprint density at radius 1 is 1.38 bits per heavy atom. The summed E-state index contributed by atoms with van der Waals surface area (Å²) in [4.78, 5) is 17.7. The predicted octanol–water partition coefficient (Wildman–Crippen LogP) is 1.20. The molecule has 0 saturated heterocycles. The first-order chi connectivity index (χ1) is 10.1. The van der Waals surface area contributed by atoms with E-state index in [2.05, 4.69) is 22.1 Å². The van der Waals surface area contributed by atoms with Gasteiger partial charge in [0.25, 0.3) is 0 Å². The Labute approximate surface area is 121 Å². The minimum atomic E-state index is -0.296. The number of nitrogens with two attached hydrogens (primary N) is 1. The Bertz CT molecular complexity index is 837. The number of hydrogen-bond acceptors (Lipinski definition) is 5. The van der Waals surface area contributed by atoms with Crippen LogP contribution >= 0.6 is 0 Å². The zero-order chi connectivity index (χ0) is 15.0. The third kappa shape index (κ3) is 2.33. The van der Waals surface area contributed by atoms with Gasteiger partial charge in [-0.3, -0.25) is 0 Å². The molecule has 2 heterocycles. The Morgan fingerprint density at radius 3 is 2.95 bits per heavy atom. The van der Waals surface area contributed by atoms with Gasteiger partial charge >= 0.3 is 5.69 Å². The lowest BCUT2D eigenvalue weighted by Gasteiger charge is -2.26. The summed E-state index contributed by atoms with van der Waals surface area (Å²) in [5.74, 6) is 0.733. The molecule has 0 aliphatic rings. The van der Waals surface area contributed by atoms with Gasteiger partial charge < -0.3 is 10.6 Å². The van der Waals surface area contributed by atoms with Crippen LogP contribution in [0.15, 0.2) is 41.5 Å². The standard InChI is InChI=1S/C14H16N6O/c1-9(10-4-3-5-11(15)6-10)19(2)12-7-13-17-18-14(21)20(13)8-16-12/h3-9H,15H2,1-2H3,(H,18,21). The molecule has 0 fully saturated rings. The third-order valence-corrected chi connectivity index (χ3v) is 3.63. The van der Waals surface area contributed by atoms with Crippen LogP contribution in [0.3, 0.4) is 0 Å². The summed E-state index contributed by atoms with van der Waals surface area (Å²) in [5.41, 5.74) is 7.90. The van der Waals surface area contributed by atoms with Crippen molar-refractivity contribution in [3.8, 4) is 0 Å². The van der Waals surface area contributed by atoms with Crippen LogP contribution < -0.4 is 16.3 Å². The summed E-state index contributed by atoms with van der Waals surface area (Å²) < 4.78 is 1.36. The van der Waals surface area contributed by atoms with E-state index in [9.17, 15) is 4.79 Å². The first kappa shape index (κ1) is 13.2. The number of rotatable bonds is 3. The van der Waals surface area contributed by atoms with Gasteiger partial charge in [0.05, 0.1) is 6.04 Å². The molecule has 3 aromatic rings. The fraction of sp³-hybridized carbons (Fsp3) is 0.214. The van der Waals surface area contributed by atoms with Crippen molar-refractivity contribution in [3.63, 3.8) is 0 Å². The maximum Gasteiger partial charge on any atom is 0.348 e. The van der Waals surface area contributed by atoms with Gasteiger partial charge in [0, 0.05) is 18.8 Å². The number of anilines is 2. The summed E-state index contributed by atoms with van der Waals surface area (Å²) in [6.07, 6.45) is 1.47. The van der Waals surface area contributed by atoms with E-state index in [4.69, 9.17) is 5.73 Å². The molecule has 0 amide bonds. The number of aromatic amines is 1. The van der Waals surface area contributed by atoms with Crippen LogP contribution in [0.1, 0.15) is 18.5 Å². The molecule has 0 spiro atoms. The molecule has 3 rings (SSSR count). The Morgan fingerprint density at radius 2 is 2.19 bits per heavy atom. The van der Waals surface area contributed by atoms with Crippen LogP contribution in [0, 0.1) is 0 Å². The smallest absolute Gasteiger partial charge is 0.348 e. The molecule has 1 unspecified atom stereocenters. The van der Waals surface area contributed by atoms with Crippen molar-refractivity contribution in [1.82, 2.24) is 19.6 Å². The van der Waals surface area contributed by atoms with Gasteiger partial charge in [0.1, 0.15) is 12.1 Å². The fourth-order valence-electron chi connectivity index (χ4n) is 2.23. The normalized spacial score (nSPS) is 12.5. The zero-order valence-corrected chi connectivity index (χ0v) is 11.8. The average Bonchev–Trinajstić information content (AvgIpc) is 2.86. The molecular weight excluding hydrogens is 268 g/mol. The minimum Gasteiger partial charge on any atom is -0.399 e. The number of nitrogens with one attached hydrogen (secondary N) is 1. The molecule has 108 valence electrons. The molecule has 21 heavy (non-hydrogen) atoms. The predicted molar refractivity (Wildman–Crippen MR) is 81.3 cm³/mol. The van der Waals surface area contributed by atoms with E-state index in [-0.39, 0.29) is 11.7 Å².